The second-order valence-electron chi connectivity index (χ2n) is 8.68. The van der Waals surface area contributed by atoms with Gasteiger partial charge in [-0.25, -0.2) is 13.8 Å². The van der Waals surface area contributed by atoms with E-state index in [1.807, 2.05) is 13.0 Å². The van der Waals surface area contributed by atoms with Gasteiger partial charge in [-0.2, -0.15) is 10.4 Å². The van der Waals surface area contributed by atoms with Gasteiger partial charge in [0.2, 0.25) is 0 Å². The van der Waals surface area contributed by atoms with Gasteiger partial charge >= 0.3 is 0 Å². The molecule has 1 amide bonds. The lowest BCUT2D eigenvalue weighted by molar-refractivity contribution is 0.0955. The Morgan fingerprint density at radius 3 is 2.35 bits per heavy atom. The molecule has 0 spiro atoms. The molecular formula is C30H25ClN4O4S. The van der Waals surface area contributed by atoms with Crippen LogP contribution in [0, 0.1) is 18.3 Å². The summed E-state index contributed by atoms with van der Waals surface area (Å²) >= 11 is 6.04. The number of halogens is 1. The van der Waals surface area contributed by atoms with E-state index in [4.69, 9.17) is 21.6 Å². The van der Waals surface area contributed by atoms with Crippen LogP contribution >= 0.6 is 11.6 Å². The van der Waals surface area contributed by atoms with Crippen LogP contribution in [-0.2, 0) is 16.6 Å². The van der Waals surface area contributed by atoms with E-state index in [0.717, 1.165) is 5.56 Å². The van der Waals surface area contributed by atoms with Crippen molar-refractivity contribution in [3.05, 3.63) is 124 Å². The molecule has 8 nitrogen and oxygen atoms in total. The number of nitrogens with zero attached hydrogens (tertiary/aromatic N) is 3. The third-order valence-electron chi connectivity index (χ3n) is 5.83. The SMILES string of the molecule is Cc1ccc(S(=O)(=O)N(Cc2ccc(Cl)cc2)c2ccccc2C(=O)N/N=C\c2ccc(OCC#N)cc2)cc1. The van der Waals surface area contributed by atoms with Crippen molar-refractivity contribution in [1.29, 1.82) is 5.26 Å². The van der Waals surface area contributed by atoms with Crippen LogP contribution in [0.5, 0.6) is 5.75 Å². The highest BCUT2D eigenvalue weighted by Gasteiger charge is 2.28. The number of rotatable bonds is 10. The van der Waals surface area contributed by atoms with E-state index in [-0.39, 0.29) is 29.3 Å². The Morgan fingerprint density at radius 2 is 1.68 bits per heavy atom. The average molecular weight is 573 g/mol. The molecule has 40 heavy (non-hydrogen) atoms. The zero-order chi connectivity index (χ0) is 28.5. The number of hydrogen-bond acceptors (Lipinski definition) is 6. The van der Waals surface area contributed by atoms with Gasteiger partial charge in [-0.15, -0.1) is 0 Å². The minimum atomic E-state index is -4.06. The summed E-state index contributed by atoms with van der Waals surface area (Å²) in [6.45, 7) is 1.79. The van der Waals surface area contributed by atoms with E-state index < -0.39 is 15.9 Å². The number of carbonyl (C=O) groups excluding carboxylic acids is 1. The van der Waals surface area contributed by atoms with Crippen molar-refractivity contribution in [3.8, 4) is 11.8 Å². The first-order valence-corrected chi connectivity index (χ1v) is 14.0. The lowest BCUT2D eigenvalue weighted by Crippen LogP contribution is -2.33. The highest BCUT2D eigenvalue weighted by atomic mass is 35.5. The number of amides is 1. The zero-order valence-electron chi connectivity index (χ0n) is 21.5. The minimum absolute atomic E-state index is 0.0266. The Bertz CT molecular complexity index is 1650. The van der Waals surface area contributed by atoms with Gasteiger partial charge < -0.3 is 4.74 Å². The number of nitrogens with one attached hydrogen (secondary N) is 1. The molecule has 0 aliphatic heterocycles. The molecule has 0 fully saturated rings. The number of anilines is 1. The van der Waals surface area contributed by atoms with Crippen LogP contribution in [0.25, 0.3) is 0 Å². The Morgan fingerprint density at radius 1 is 1.00 bits per heavy atom. The van der Waals surface area contributed by atoms with Gasteiger partial charge in [0.15, 0.2) is 6.61 Å². The van der Waals surface area contributed by atoms with Gasteiger partial charge in [-0.05, 0) is 78.7 Å². The molecular weight excluding hydrogens is 548 g/mol. The molecule has 0 aliphatic carbocycles. The molecule has 0 aliphatic rings. The lowest BCUT2D eigenvalue weighted by Gasteiger charge is -2.26. The maximum absolute atomic E-state index is 13.9. The molecule has 0 heterocycles. The Hall–Kier alpha value is -4.65. The normalized spacial score (nSPS) is 11.1. The number of sulfonamides is 1. The van der Waals surface area contributed by atoms with E-state index in [1.165, 1.54) is 10.5 Å². The molecule has 202 valence electrons. The number of aryl methyl sites for hydroxylation is 1. The fourth-order valence-corrected chi connectivity index (χ4v) is 5.36. The van der Waals surface area contributed by atoms with E-state index in [0.29, 0.717) is 21.9 Å². The Kier molecular flexibility index (Phi) is 9.17. The Balaban J connectivity index is 1.63. The lowest BCUT2D eigenvalue weighted by atomic mass is 10.1. The molecule has 0 aromatic heterocycles. The number of hydrazone groups is 1. The maximum atomic E-state index is 13.9. The molecule has 0 unspecified atom stereocenters. The molecule has 1 N–H and O–H groups in total. The van der Waals surface area contributed by atoms with Crippen molar-refractivity contribution >= 4 is 39.4 Å². The summed E-state index contributed by atoms with van der Waals surface area (Å²) in [4.78, 5) is 13.3. The van der Waals surface area contributed by atoms with Crippen LogP contribution in [0.15, 0.2) is 107 Å². The Labute approximate surface area is 238 Å². The number of hydrogen-bond donors (Lipinski definition) is 1. The van der Waals surface area contributed by atoms with E-state index in [2.05, 4.69) is 10.5 Å². The largest absolute Gasteiger partial charge is 0.479 e. The standard InChI is InChI=1S/C30H25ClN4O4S/c1-22-6-16-27(17-7-22)40(37,38)35(21-24-8-12-25(31)13-9-24)29-5-3-2-4-28(29)30(36)34-33-20-23-10-14-26(15-11-23)39-19-18-32/h2-17,20H,19,21H2,1H3,(H,34,36)/b33-20-. The molecule has 4 aromatic carbocycles. The topological polar surface area (TPSA) is 112 Å². The van der Waals surface area contributed by atoms with Gasteiger partial charge in [-0.1, -0.05) is 53.6 Å². The van der Waals surface area contributed by atoms with Crippen LogP contribution in [-0.4, -0.2) is 27.1 Å². The van der Waals surface area contributed by atoms with Crippen molar-refractivity contribution < 1.29 is 17.9 Å². The highest BCUT2D eigenvalue weighted by Crippen LogP contribution is 2.30. The summed E-state index contributed by atoms with van der Waals surface area (Å²) in [6, 6.07) is 28.5. The second kappa shape index (κ2) is 12.9. The molecule has 0 saturated heterocycles. The molecule has 0 atom stereocenters. The average Bonchev–Trinajstić information content (AvgIpc) is 2.96. The van der Waals surface area contributed by atoms with Crippen molar-refractivity contribution in [1.82, 2.24) is 5.43 Å². The van der Waals surface area contributed by atoms with Gasteiger partial charge in [0.25, 0.3) is 15.9 Å². The monoisotopic (exact) mass is 572 g/mol. The molecule has 4 rings (SSSR count). The first-order chi connectivity index (χ1) is 19.3. The van der Waals surface area contributed by atoms with Crippen LogP contribution < -0.4 is 14.5 Å². The molecule has 10 heteroatoms. The molecule has 4 aromatic rings. The predicted molar refractivity (Wildman–Crippen MR) is 155 cm³/mol. The third kappa shape index (κ3) is 7.05. The number of carbonyl (C=O) groups is 1. The summed E-state index contributed by atoms with van der Waals surface area (Å²) in [5.74, 6) is -0.0479. The summed E-state index contributed by atoms with van der Waals surface area (Å²) in [5.41, 5.74) is 5.10. The predicted octanol–water partition coefficient (Wildman–Crippen LogP) is 5.71. The number of benzene rings is 4. The van der Waals surface area contributed by atoms with Crippen LogP contribution in [0.3, 0.4) is 0 Å². The zero-order valence-corrected chi connectivity index (χ0v) is 23.1. The fraction of sp³-hybridized carbons (Fsp3) is 0.100. The number of ether oxygens (including phenoxy) is 1. The van der Waals surface area contributed by atoms with E-state index in [1.54, 1.807) is 97.1 Å². The van der Waals surface area contributed by atoms with Gasteiger partial charge in [0, 0.05) is 5.02 Å². The summed E-state index contributed by atoms with van der Waals surface area (Å²) in [5, 5.41) is 13.2. The second-order valence-corrected chi connectivity index (χ2v) is 11.0. The quantitative estimate of drug-likeness (QED) is 0.193. The first kappa shape index (κ1) is 28.4. The van der Waals surface area contributed by atoms with Crippen molar-refractivity contribution in [2.45, 2.75) is 18.4 Å². The number of para-hydroxylation sites is 1. The molecule has 0 radical (unpaired) electrons. The van der Waals surface area contributed by atoms with E-state index >= 15 is 0 Å². The van der Waals surface area contributed by atoms with Crippen molar-refractivity contribution in [3.63, 3.8) is 0 Å². The number of nitriles is 1. The minimum Gasteiger partial charge on any atom is -0.479 e. The van der Waals surface area contributed by atoms with Gasteiger partial charge in [-0.3, -0.25) is 9.10 Å². The molecule has 0 bridgehead atoms. The fourth-order valence-electron chi connectivity index (χ4n) is 3.77. The van der Waals surface area contributed by atoms with Crippen molar-refractivity contribution in [2.24, 2.45) is 5.10 Å². The van der Waals surface area contributed by atoms with Gasteiger partial charge in [0.05, 0.1) is 28.9 Å². The van der Waals surface area contributed by atoms with Crippen LogP contribution in [0.4, 0.5) is 5.69 Å². The highest BCUT2D eigenvalue weighted by molar-refractivity contribution is 7.92. The maximum Gasteiger partial charge on any atom is 0.273 e. The summed E-state index contributed by atoms with van der Waals surface area (Å²) in [7, 11) is -4.06. The summed E-state index contributed by atoms with van der Waals surface area (Å²) < 4.78 is 34.2. The van der Waals surface area contributed by atoms with E-state index in [9.17, 15) is 13.2 Å². The first-order valence-electron chi connectivity index (χ1n) is 12.1. The van der Waals surface area contributed by atoms with Crippen LogP contribution in [0.2, 0.25) is 5.02 Å². The van der Waals surface area contributed by atoms with Crippen molar-refractivity contribution in [2.75, 3.05) is 10.9 Å². The van der Waals surface area contributed by atoms with Gasteiger partial charge in [0.1, 0.15) is 11.8 Å². The smallest absolute Gasteiger partial charge is 0.273 e. The van der Waals surface area contributed by atoms with Crippen LogP contribution in [0.1, 0.15) is 27.0 Å². The molecule has 0 saturated carbocycles. The third-order valence-corrected chi connectivity index (χ3v) is 7.85. The summed E-state index contributed by atoms with van der Waals surface area (Å²) in [6.07, 6.45) is 1.45.